The molecule has 0 bridgehead atoms. The summed E-state index contributed by atoms with van der Waals surface area (Å²) in [5.74, 6) is -4.33. The molecule has 0 saturated heterocycles. The molecule has 1 aliphatic rings. The van der Waals surface area contributed by atoms with E-state index in [4.69, 9.17) is 5.11 Å². The molecule has 1 rings (SSSR count). The quantitative estimate of drug-likeness (QED) is 0.746. The van der Waals surface area contributed by atoms with Crippen molar-refractivity contribution < 1.29 is 27.9 Å². The summed E-state index contributed by atoms with van der Waals surface area (Å²) in [4.78, 5) is 21.6. The maximum Gasteiger partial charge on any atom is 0.471 e. The maximum absolute atomic E-state index is 12.0. The van der Waals surface area contributed by atoms with Crippen molar-refractivity contribution in [3.8, 4) is 0 Å². The lowest BCUT2D eigenvalue weighted by atomic mass is 9.95. The zero-order valence-corrected chi connectivity index (χ0v) is 8.88. The number of hydrogen-bond acceptors (Lipinski definition) is 2. The lowest BCUT2D eigenvalue weighted by Crippen LogP contribution is -2.50. The number of hydrogen-bond donors (Lipinski definition) is 2. The van der Waals surface area contributed by atoms with Crippen LogP contribution in [0.2, 0.25) is 0 Å². The minimum atomic E-state index is -5.08. The molecule has 2 N–H and O–H groups in total. The molecular formula is C10H12F3NO3. The van der Waals surface area contributed by atoms with Gasteiger partial charge in [0, 0.05) is 5.92 Å². The third-order valence-corrected chi connectivity index (χ3v) is 2.75. The van der Waals surface area contributed by atoms with Gasteiger partial charge in [-0.1, -0.05) is 12.2 Å². The van der Waals surface area contributed by atoms with Gasteiger partial charge >= 0.3 is 18.1 Å². The van der Waals surface area contributed by atoms with E-state index in [0.717, 1.165) is 0 Å². The van der Waals surface area contributed by atoms with Gasteiger partial charge in [0.15, 0.2) is 0 Å². The predicted octanol–water partition coefficient (Wildman–Crippen LogP) is 1.47. The van der Waals surface area contributed by atoms with Crippen LogP contribution in [-0.4, -0.2) is 29.2 Å². The van der Waals surface area contributed by atoms with Crippen molar-refractivity contribution in [2.45, 2.75) is 31.5 Å². The molecule has 0 spiro atoms. The molecule has 2 atom stereocenters. The zero-order chi connectivity index (χ0) is 13.2. The van der Waals surface area contributed by atoms with Crippen molar-refractivity contribution in [2.24, 2.45) is 5.92 Å². The number of halogens is 3. The fourth-order valence-corrected chi connectivity index (χ4v) is 1.90. The molecule has 1 saturated carbocycles. The summed E-state index contributed by atoms with van der Waals surface area (Å²) in [6.07, 6.45) is -3.40. The van der Waals surface area contributed by atoms with Crippen LogP contribution in [0.25, 0.3) is 0 Å². The average Bonchev–Trinajstić information content (AvgIpc) is 2.58. The first-order valence-corrected chi connectivity index (χ1v) is 5.01. The Morgan fingerprint density at radius 2 is 2.06 bits per heavy atom. The smallest absolute Gasteiger partial charge is 0.471 e. The summed E-state index contributed by atoms with van der Waals surface area (Å²) in [5, 5.41) is 10.3. The van der Waals surface area contributed by atoms with Gasteiger partial charge in [0.1, 0.15) is 6.04 Å². The third-order valence-electron chi connectivity index (χ3n) is 2.75. The van der Waals surface area contributed by atoms with Crippen molar-refractivity contribution in [2.75, 3.05) is 0 Å². The lowest BCUT2D eigenvalue weighted by molar-refractivity contribution is -0.175. The lowest BCUT2D eigenvalue weighted by Gasteiger charge is -2.22. The van der Waals surface area contributed by atoms with E-state index in [2.05, 4.69) is 6.58 Å². The average molecular weight is 251 g/mol. The van der Waals surface area contributed by atoms with Gasteiger partial charge in [-0.15, -0.1) is 0 Å². The second-order valence-corrected chi connectivity index (χ2v) is 3.94. The number of carboxylic acids is 1. The maximum atomic E-state index is 12.0. The van der Waals surface area contributed by atoms with E-state index >= 15 is 0 Å². The number of carboxylic acid groups (broad SMARTS) is 1. The van der Waals surface area contributed by atoms with E-state index in [0.29, 0.717) is 24.8 Å². The fourth-order valence-electron chi connectivity index (χ4n) is 1.90. The van der Waals surface area contributed by atoms with Crippen molar-refractivity contribution in [1.82, 2.24) is 5.32 Å². The fraction of sp³-hybridized carbons (Fsp3) is 0.600. The normalized spacial score (nSPS) is 22.3. The van der Waals surface area contributed by atoms with Gasteiger partial charge < -0.3 is 10.4 Å². The number of rotatable bonds is 3. The molecule has 0 aromatic carbocycles. The highest BCUT2D eigenvalue weighted by Gasteiger charge is 2.43. The Hall–Kier alpha value is -1.53. The Morgan fingerprint density at radius 3 is 2.41 bits per heavy atom. The highest BCUT2D eigenvalue weighted by molar-refractivity contribution is 5.87. The zero-order valence-electron chi connectivity index (χ0n) is 8.88. The number of amides is 1. The van der Waals surface area contributed by atoms with Crippen LogP contribution in [0.1, 0.15) is 19.3 Å². The number of aliphatic carboxylic acids is 1. The standard InChI is InChI=1S/C10H12F3NO3/c1-5-3-2-4-6(5)7(8(15)16)14-9(17)10(11,12)13/h6-7H,1-4H2,(H,14,17)(H,15,16)/t6-,7+/m1/s1. The van der Waals surface area contributed by atoms with Crippen molar-refractivity contribution in [3.63, 3.8) is 0 Å². The molecule has 0 aliphatic heterocycles. The molecule has 0 radical (unpaired) electrons. The summed E-state index contributed by atoms with van der Waals surface area (Å²) in [6, 6.07) is -1.56. The number of alkyl halides is 3. The number of nitrogens with one attached hydrogen (secondary N) is 1. The summed E-state index contributed by atoms with van der Waals surface area (Å²) < 4.78 is 36.1. The molecule has 17 heavy (non-hydrogen) atoms. The second-order valence-electron chi connectivity index (χ2n) is 3.94. The number of carbonyl (C=O) groups is 2. The molecule has 0 heterocycles. The Labute approximate surface area is 95.5 Å². The highest BCUT2D eigenvalue weighted by atomic mass is 19.4. The SMILES string of the molecule is C=C1CCC[C@H]1[C@H](NC(=O)C(F)(F)F)C(=O)O. The van der Waals surface area contributed by atoms with Crippen LogP contribution in [0.15, 0.2) is 12.2 Å². The van der Waals surface area contributed by atoms with Gasteiger partial charge in [-0.25, -0.2) is 4.79 Å². The molecule has 1 fully saturated rings. The Kier molecular flexibility index (Phi) is 3.79. The summed E-state index contributed by atoms with van der Waals surface area (Å²) in [5.41, 5.74) is 0.569. The highest BCUT2D eigenvalue weighted by Crippen LogP contribution is 2.32. The first-order chi connectivity index (χ1) is 7.73. The first kappa shape index (κ1) is 13.5. The van der Waals surface area contributed by atoms with Crippen LogP contribution in [-0.2, 0) is 9.59 Å². The van der Waals surface area contributed by atoms with E-state index in [1.165, 1.54) is 5.32 Å². The third kappa shape index (κ3) is 3.21. The van der Waals surface area contributed by atoms with Gasteiger partial charge in [-0.3, -0.25) is 4.79 Å². The second kappa shape index (κ2) is 4.77. The Balaban J connectivity index is 2.77. The van der Waals surface area contributed by atoms with Gasteiger partial charge in [-0.05, 0) is 19.3 Å². The molecule has 0 aromatic rings. The van der Waals surface area contributed by atoms with Crippen LogP contribution >= 0.6 is 0 Å². The predicted molar refractivity (Wildman–Crippen MR) is 52.1 cm³/mol. The van der Waals surface area contributed by atoms with Gasteiger partial charge in [0.2, 0.25) is 0 Å². The minimum absolute atomic E-state index is 0.425. The molecule has 4 nitrogen and oxygen atoms in total. The summed E-state index contributed by atoms with van der Waals surface area (Å²) >= 11 is 0. The Bertz CT molecular complexity index is 351. The summed E-state index contributed by atoms with van der Waals surface area (Å²) in [6.45, 7) is 3.61. The van der Waals surface area contributed by atoms with Crippen LogP contribution < -0.4 is 5.32 Å². The molecule has 1 aliphatic carbocycles. The van der Waals surface area contributed by atoms with E-state index in [1.807, 2.05) is 0 Å². The molecule has 7 heteroatoms. The molecule has 0 aromatic heterocycles. The van der Waals surface area contributed by atoms with Crippen LogP contribution in [0.4, 0.5) is 13.2 Å². The summed E-state index contributed by atoms with van der Waals surface area (Å²) in [7, 11) is 0. The molecule has 0 unspecified atom stereocenters. The van der Waals surface area contributed by atoms with E-state index < -0.39 is 30.0 Å². The van der Waals surface area contributed by atoms with E-state index in [-0.39, 0.29) is 0 Å². The van der Waals surface area contributed by atoms with Gasteiger partial charge in [-0.2, -0.15) is 13.2 Å². The van der Waals surface area contributed by atoms with Crippen molar-refractivity contribution in [1.29, 1.82) is 0 Å². The molecule has 96 valence electrons. The Morgan fingerprint density at radius 1 is 1.47 bits per heavy atom. The minimum Gasteiger partial charge on any atom is -0.480 e. The first-order valence-electron chi connectivity index (χ1n) is 5.01. The van der Waals surface area contributed by atoms with Crippen molar-refractivity contribution in [3.05, 3.63) is 12.2 Å². The number of carbonyl (C=O) groups excluding carboxylic acids is 1. The van der Waals surface area contributed by atoms with Crippen LogP contribution in [0, 0.1) is 5.92 Å². The molecule has 1 amide bonds. The van der Waals surface area contributed by atoms with E-state index in [9.17, 15) is 22.8 Å². The van der Waals surface area contributed by atoms with Crippen LogP contribution in [0.5, 0.6) is 0 Å². The van der Waals surface area contributed by atoms with Crippen molar-refractivity contribution >= 4 is 11.9 Å². The van der Waals surface area contributed by atoms with Crippen LogP contribution in [0.3, 0.4) is 0 Å². The topological polar surface area (TPSA) is 66.4 Å². The monoisotopic (exact) mass is 251 g/mol. The van der Waals surface area contributed by atoms with Gasteiger partial charge in [0.05, 0.1) is 0 Å². The molecular weight excluding hydrogens is 239 g/mol. The van der Waals surface area contributed by atoms with Gasteiger partial charge in [0.25, 0.3) is 0 Å². The largest absolute Gasteiger partial charge is 0.480 e. The van der Waals surface area contributed by atoms with E-state index in [1.54, 1.807) is 0 Å².